The number of hydrogen-bond donors (Lipinski definition) is 2. The first-order valence-electron chi connectivity index (χ1n) is 5.45. The van der Waals surface area contributed by atoms with E-state index in [1.165, 1.54) is 0 Å². The molecule has 0 aliphatic rings. The van der Waals surface area contributed by atoms with E-state index in [2.05, 4.69) is 17.3 Å². The summed E-state index contributed by atoms with van der Waals surface area (Å²) in [6.45, 7) is 5.42. The predicted molar refractivity (Wildman–Crippen MR) is 64.8 cm³/mol. The summed E-state index contributed by atoms with van der Waals surface area (Å²) in [5.74, 6) is 7.91. The van der Waals surface area contributed by atoms with Gasteiger partial charge in [-0.05, 0) is 25.5 Å². The van der Waals surface area contributed by atoms with Gasteiger partial charge < -0.3 is 9.32 Å². The molecule has 0 aromatic carbocycles. The molecule has 1 aromatic heterocycles. The Morgan fingerprint density at radius 2 is 2.31 bits per heavy atom. The van der Waals surface area contributed by atoms with E-state index in [4.69, 9.17) is 10.3 Å². The van der Waals surface area contributed by atoms with Crippen LogP contribution in [0.3, 0.4) is 0 Å². The molecule has 16 heavy (non-hydrogen) atoms. The van der Waals surface area contributed by atoms with Gasteiger partial charge in [0.2, 0.25) is 5.96 Å². The third-order valence-corrected chi connectivity index (χ3v) is 2.16. The summed E-state index contributed by atoms with van der Waals surface area (Å²) in [7, 11) is 1.92. The third kappa shape index (κ3) is 3.58. The van der Waals surface area contributed by atoms with Gasteiger partial charge in [-0.15, -0.1) is 0 Å². The lowest BCUT2D eigenvalue weighted by Gasteiger charge is -2.19. The van der Waals surface area contributed by atoms with Gasteiger partial charge in [-0.25, -0.2) is 5.84 Å². The van der Waals surface area contributed by atoms with Gasteiger partial charge in [0.1, 0.15) is 11.5 Å². The Bertz CT molecular complexity index is 346. The molecule has 5 heteroatoms. The van der Waals surface area contributed by atoms with Crippen LogP contribution in [0.5, 0.6) is 0 Å². The van der Waals surface area contributed by atoms with E-state index in [1.807, 2.05) is 31.0 Å². The summed E-state index contributed by atoms with van der Waals surface area (Å²) in [5, 5.41) is 0. The number of aryl methyl sites for hydroxylation is 1. The second-order valence-corrected chi connectivity index (χ2v) is 3.72. The predicted octanol–water partition coefficient (Wildman–Crippen LogP) is 1.25. The van der Waals surface area contributed by atoms with Crippen LogP contribution in [-0.4, -0.2) is 24.5 Å². The van der Waals surface area contributed by atoms with Gasteiger partial charge in [0.15, 0.2) is 0 Å². The number of nitrogens with zero attached hydrogens (tertiary/aromatic N) is 2. The van der Waals surface area contributed by atoms with Crippen LogP contribution in [0.25, 0.3) is 0 Å². The van der Waals surface area contributed by atoms with Crippen LogP contribution in [0.1, 0.15) is 24.9 Å². The molecule has 0 saturated heterocycles. The van der Waals surface area contributed by atoms with Crippen LogP contribution in [0.2, 0.25) is 0 Å². The van der Waals surface area contributed by atoms with E-state index in [1.54, 1.807) is 0 Å². The molecule has 1 heterocycles. The minimum atomic E-state index is 0.653. The standard InChI is InChI=1S/C11H20N4O/c1-4-7-13-11(14-12)15(3)8-10-6-5-9(2)16-10/h5-6H,4,7-8,12H2,1-3H3,(H,13,14). The fourth-order valence-electron chi connectivity index (χ4n) is 1.37. The molecule has 1 rings (SSSR count). The second-order valence-electron chi connectivity index (χ2n) is 3.72. The molecule has 0 bridgehead atoms. The summed E-state index contributed by atoms with van der Waals surface area (Å²) >= 11 is 0. The maximum atomic E-state index is 5.49. The lowest BCUT2D eigenvalue weighted by molar-refractivity contribution is 0.391. The van der Waals surface area contributed by atoms with E-state index < -0.39 is 0 Å². The number of furan rings is 1. The molecular formula is C11H20N4O. The first-order chi connectivity index (χ1) is 7.67. The van der Waals surface area contributed by atoms with Crippen LogP contribution in [0.15, 0.2) is 21.5 Å². The Morgan fingerprint density at radius 1 is 1.56 bits per heavy atom. The first-order valence-corrected chi connectivity index (χ1v) is 5.45. The minimum absolute atomic E-state index is 0.653. The molecule has 3 N–H and O–H groups in total. The van der Waals surface area contributed by atoms with E-state index >= 15 is 0 Å². The van der Waals surface area contributed by atoms with Gasteiger partial charge in [-0.2, -0.15) is 0 Å². The van der Waals surface area contributed by atoms with Gasteiger partial charge in [0.25, 0.3) is 0 Å². The average Bonchev–Trinajstić information content (AvgIpc) is 2.65. The topological polar surface area (TPSA) is 66.8 Å². The van der Waals surface area contributed by atoms with Crippen molar-refractivity contribution in [3.63, 3.8) is 0 Å². The van der Waals surface area contributed by atoms with Crippen LogP contribution >= 0.6 is 0 Å². The molecule has 0 saturated carbocycles. The summed E-state index contributed by atoms with van der Waals surface area (Å²) in [6.07, 6.45) is 0.999. The number of guanidine groups is 1. The molecule has 0 radical (unpaired) electrons. The number of nitrogens with one attached hydrogen (secondary N) is 1. The molecule has 0 aliphatic carbocycles. The van der Waals surface area contributed by atoms with E-state index in [0.717, 1.165) is 24.5 Å². The van der Waals surface area contributed by atoms with Crippen molar-refractivity contribution in [2.75, 3.05) is 13.6 Å². The molecule has 0 unspecified atom stereocenters. The van der Waals surface area contributed by atoms with Crippen LogP contribution in [0.4, 0.5) is 0 Å². The van der Waals surface area contributed by atoms with Crippen LogP contribution < -0.4 is 11.3 Å². The second kappa shape index (κ2) is 6.17. The summed E-state index contributed by atoms with van der Waals surface area (Å²) < 4.78 is 5.49. The highest BCUT2D eigenvalue weighted by Crippen LogP contribution is 2.08. The summed E-state index contributed by atoms with van der Waals surface area (Å²) in [6, 6.07) is 3.90. The van der Waals surface area contributed by atoms with Gasteiger partial charge in [-0.3, -0.25) is 10.4 Å². The zero-order chi connectivity index (χ0) is 12.0. The highest BCUT2D eigenvalue weighted by Gasteiger charge is 2.07. The average molecular weight is 224 g/mol. The van der Waals surface area contributed by atoms with Gasteiger partial charge in [0.05, 0.1) is 6.54 Å². The number of rotatable bonds is 4. The summed E-state index contributed by atoms with van der Waals surface area (Å²) in [5.41, 5.74) is 2.60. The monoisotopic (exact) mass is 224 g/mol. The number of hydrazine groups is 1. The van der Waals surface area contributed by atoms with Gasteiger partial charge >= 0.3 is 0 Å². The molecule has 0 amide bonds. The Balaban J connectivity index is 2.58. The van der Waals surface area contributed by atoms with Crippen molar-refractivity contribution >= 4 is 5.96 Å². The van der Waals surface area contributed by atoms with E-state index in [-0.39, 0.29) is 0 Å². The Labute approximate surface area is 96.3 Å². The van der Waals surface area contributed by atoms with E-state index in [0.29, 0.717) is 12.5 Å². The smallest absolute Gasteiger partial charge is 0.208 e. The minimum Gasteiger partial charge on any atom is -0.464 e. The molecule has 0 aliphatic heterocycles. The van der Waals surface area contributed by atoms with Crippen LogP contribution in [-0.2, 0) is 6.54 Å². The lowest BCUT2D eigenvalue weighted by Crippen LogP contribution is -2.42. The third-order valence-electron chi connectivity index (χ3n) is 2.16. The molecule has 90 valence electrons. The van der Waals surface area contributed by atoms with Crippen molar-refractivity contribution in [1.29, 1.82) is 0 Å². The molecule has 5 nitrogen and oxygen atoms in total. The van der Waals surface area contributed by atoms with Crippen molar-refractivity contribution in [3.05, 3.63) is 23.7 Å². The van der Waals surface area contributed by atoms with Crippen molar-refractivity contribution in [3.8, 4) is 0 Å². The van der Waals surface area contributed by atoms with E-state index in [9.17, 15) is 0 Å². The first kappa shape index (κ1) is 12.6. The van der Waals surface area contributed by atoms with Gasteiger partial charge in [0, 0.05) is 13.6 Å². The van der Waals surface area contributed by atoms with Gasteiger partial charge in [-0.1, -0.05) is 6.92 Å². The summed E-state index contributed by atoms with van der Waals surface area (Å²) in [4.78, 5) is 6.25. The number of nitrogens with two attached hydrogens (primary N) is 1. The van der Waals surface area contributed by atoms with Crippen molar-refractivity contribution in [2.45, 2.75) is 26.8 Å². The quantitative estimate of drug-likeness (QED) is 0.349. The molecular weight excluding hydrogens is 204 g/mol. The van der Waals surface area contributed by atoms with Crippen LogP contribution in [0, 0.1) is 6.92 Å². The largest absolute Gasteiger partial charge is 0.464 e. The fraction of sp³-hybridized carbons (Fsp3) is 0.545. The molecule has 0 spiro atoms. The zero-order valence-electron chi connectivity index (χ0n) is 10.2. The lowest BCUT2D eigenvalue weighted by atomic mass is 10.4. The maximum absolute atomic E-state index is 5.49. The van der Waals surface area contributed by atoms with Crippen molar-refractivity contribution in [2.24, 2.45) is 10.8 Å². The maximum Gasteiger partial charge on any atom is 0.208 e. The Kier molecular flexibility index (Phi) is 4.85. The van der Waals surface area contributed by atoms with Crippen molar-refractivity contribution < 1.29 is 4.42 Å². The highest BCUT2D eigenvalue weighted by atomic mass is 16.3. The Hall–Kier alpha value is -1.49. The normalized spacial score (nSPS) is 11.6. The van der Waals surface area contributed by atoms with Crippen molar-refractivity contribution in [1.82, 2.24) is 10.3 Å². The number of hydrogen-bond acceptors (Lipinski definition) is 3. The SMILES string of the molecule is CCCN=C(NN)N(C)Cc1ccc(C)o1. The Morgan fingerprint density at radius 3 is 2.81 bits per heavy atom. The highest BCUT2D eigenvalue weighted by molar-refractivity contribution is 5.79. The fourth-order valence-corrected chi connectivity index (χ4v) is 1.37. The zero-order valence-corrected chi connectivity index (χ0v) is 10.2. The molecule has 0 atom stereocenters. The molecule has 1 aromatic rings. The number of aliphatic imine (C=N–C) groups is 1. The molecule has 0 fully saturated rings.